The van der Waals surface area contributed by atoms with Crippen LogP contribution < -0.4 is 5.32 Å². The van der Waals surface area contributed by atoms with E-state index in [1.807, 2.05) is 0 Å². The molecule has 3 nitrogen and oxygen atoms in total. The van der Waals surface area contributed by atoms with Gasteiger partial charge in [-0.05, 0) is 31.3 Å². The second kappa shape index (κ2) is 4.46. The molecular weight excluding hydrogens is 234 g/mol. The summed E-state index contributed by atoms with van der Waals surface area (Å²) in [4.78, 5) is 0. The zero-order valence-electron chi connectivity index (χ0n) is 10.1. The molecule has 4 heteroatoms. The van der Waals surface area contributed by atoms with E-state index in [4.69, 9.17) is 11.6 Å². The summed E-state index contributed by atoms with van der Waals surface area (Å²) in [6.07, 6.45) is 8.84. The van der Waals surface area contributed by atoms with Gasteiger partial charge in [0.1, 0.15) is 0 Å². The van der Waals surface area contributed by atoms with Gasteiger partial charge < -0.3 is 5.32 Å². The summed E-state index contributed by atoms with van der Waals surface area (Å²) in [5.74, 6) is 0. The normalized spacial score (nSPS) is 27.3. The van der Waals surface area contributed by atoms with E-state index in [1.54, 1.807) is 6.20 Å². The van der Waals surface area contributed by atoms with Crippen molar-refractivity contribution in [2.45, 2.75) is 51.2 Å². The number of nitrogens with one attached hydrogen (secondary N) is 1. The molecule has 3 heterocycles. The lowest BCUT2D eigenvalue weighted by Crippen LogP contribution is -2.32. The monoisotopic (exact) mass is 251 g/mol. The van der Waals surface area contributed by atoms with Crippen molar-refractivity contribution in [2.75, 3.05) is 0 Å². The van der Waals surface area contributed by atoms with Crippen LogP contribution in [0.2, 0.25) is 5.02 Å². The Labute approximate surface area is 107 Å². The van der Waals surface area contributed by atoms with Gasteiger partial charge in [0.15, 0.2) is 0 Å². The Bertz CT molecular complexity index is 450. The number of hydrogen-bond donors (Lipinski definition) is 1. The molecule has 2 atom stereocenters. The highest BCUT2D eigenvalue weighted by Crippen LogP contribution is 2.34. The highest BCUT2D eigenvalue weighted by Gasteiger charge is 2.30. The summed E-state index contributed by atoms with van der Waals surface area (Å²) in [5.41, 5.74) is 2.53. The van der Waals surface area contributed by atoms with Crippen molar-refractivity contribution in [3.63, 3.8) is 0 Å². The maximum Gasteiger partial charge on any atom is 0.0862 e. The number of aromatic nitrogens is 2. The molecule has 17 heavy (non-hydrogen) atoms. The molecule has 0 aromatic carbocycles. The van der Waals surface area contributed by atoms with Gasteiger partial charge in [0.2, 0.25) is 0 Å². The minimum Gasteiger partial charge on any atom is -0.307 e. The van der Waals surface area contributed by atoms with Crippen LogP contribution in [0, 0.1) is 0 Å². The summed E-state index contributed by atoms with van der Waals surface area (Å²) in [5, 5.41) is 8.78. The van der Waals surface area contributed by atoms with E-state index in [0.717, 1.165) is 30.1 Å². The maximum atomic E-state index is 6.29. The van der Waals surface area contributed by atoms with Gasteiger partial charge in [-0.2, -0.15) is 5.10 Å². The molecule has 1 N–H and O–H groups in total. The fourth-order valence-electron chi connectivity index (χ4n) is 2.96. The second-order valence-corrected chi connectivity index (χ2v) is 5.41. The van der Waals surface area contributed by atoms with Crippen LogP contribution in [0.3, 0.4) is 0 Å². The number of rotatable bonds is 3. The van der Waals surface area contributed by atoms with Crippen molar-refractivity contribution >= 4 is 17.2 Å². The summed E-state index contributed by atoms with van der Waals surface area (Å²) in [7, 11) is 0. The lowest BCUT2D eigenvalue weighted by molar-refractivity contribution is 0.560. The van der Waals surface area contributed by atoms with E-state index in [0.29, 0.717) is 12.1 Å². The van der Waals surface area contributed by atoms with E-state index in [2.05, 4.69) is 28.1 Å². The topological polar surface area (TPSA) is 29.9 Å². The second-order valence-electron chi connectivity index (χ2n) is 5.01. The van der Waals surface area contributed by atoms with Crippen LogP contribution in [0.4, 0.5) is 0 Å². The van der Waals surface area contributed by atoms with Crippen LogP contribution in [0.25, 0.3) is 5.57 Å². The van der Waals surface area contributed by atoms with Crippen molar-refractivity contribution in [3.8, 4) is 0 Å². The number of fused-ring (bicyclic) bond motifs is 2. The molecule has 1 aromatic heterocycles. The van der Waals surface area contributed by atoms with Crippen molar-refractivity contribution in [1.29, 1.82) is 0 Å². The minimum absolute atomic E-state index is 0.546. The average molecular weight is 252 g/mol. The molecule has 0 spiro atoms. The molecule has 92 valence electrons. The Morgan fingerprint density at radius 3 is 3.18 bits per heavy atom. The highest BCUT2D eigenvalue weighted by atomic mass is 35.5. The zero-order valence-corrected chi connectivity index (χ0v) is 10.9. The summed E-state index contributed by atoms with van der Waals surface area (Å²) < 4.78 is 2.05. The first-order valence-electron chi connectivity index (χ1n) is 6.46. The Hall–Kier alpha value is -0.800. The van der Waals surface area contributed by atoms with Crippen LogP contribution in [-0.4, -0.2) is 21.9 Å². The molecule has 2 aliphatic heterocycles. The predicted octanol–water partition coefficient (Wildman–Crippen LogP) is 2.85. The van der Waals surface area contributed by atoms with Crippen molar-refractivity contribution in [2.24, 2.45) is 0 Å². The minimum atomic E-state index is 0.546. The molecule has 0 aliphatic carbocycles. The molecule has 2 unspecified atom stereocenters. The van der Waals surface area contributed by atoms with Gasteiger partial charge in [0.05, 0.1) is 16.9 Å². The van der Waals surface area contributed by atoms with Gasteiger partial charge >= 0.3 is 0 Å². The molecule has 1 fully saturated rings. The van der Waals surface area contributed by atoms with Gasteiger partial charge in [0, 0.05) is 18.6 Å². The van der Waals surface area contributed by atoms with Gasteiger partial charge in [-0.25, -0.2) is 0 Å². The maximum absolute atomic E-state index is 6.29. The summed E-state index contributed by atoms with van der Waals surface area (Å²) >= 11 is 6.29. The lowest BCUT2D eigenvalue weighted by Gasteiger charge is -2.22. The van der Waals surface area contributed by atoms with Crippen LogP contribution in [0.5, 0.6) is 0 Å². The zero-order chi connectivity index (χ0) is 11.8. The van der Waals surface area contributed by atoms with Crippen LogP contribution >= 0.6 is 11.6 Å². The first-order chi connectivity index (χ1) is 8.28. The van der Waals surface area contributed by atoms with Crippen molar-refractivity contribution < 1.29 is 0 Å². The van der Waals surface area contributed by atoms with Crippen molar-refractivity contribution in [3.05, 3.63) is 23.0 Å². The Kier molecular flexibility index (Phi) is 2.97. The van der Waals surface area contributed by atoms with E-state index in [1.165, 1.54) is 18.4 Å². The first kappa shape index (κ1) is 11.3. The fraction of sp³-hybridized carbons (Fsp3) is 0.615. The Balaban J connectivity index is 1.95. The molecule has 2 bridgehead atoms. The molecular formula is C13H18ClN3. The molecule has 1 saturated heterocycles. The number of aryl methyl sites for hydroxylation is 1. The molecule has 2 aliphatic rings. The highest BCUT2D eigenvalue weighted by molar-refractivity contribution is 6.32. The third kappa shape index (κ3) is 2.02. The smallest absolute Gasteiger partial charge is 0.0862 e. The van der Waals surface area contributed by atoms with E-state index < -0.39 is 0 Å². The first-order valence-corrected chi connectivity index (χ1v) is 6.84. The molecule has 0 saturated carbocycles. The largest absolute Gasteiger partial charge is 0.307 e. The van der Waals surface area contributed by atoms with Gasteiger partial charge in [0.25, 0.3) is 0 Å². The third-order valence-corrected chi connectivity index (χ3v) is 3.96. The van der Waals surface area contributed by atoms with Crippen molar-refractivity contribution in [1.82, 2.24) is 15.1 Å². The lowest BCUT2D eigenvalue weighted by atomic mass is 10.0. The average Bonchev–Trinajstić information content (AvgIpc) is 2.83. The quantitative estimate of drug-likeness (QED) is 0.895. The third-order valence-electron chi connectivity index (χ3n) is 3.68. The van der Waals surface area contributed by atoms with E-state index >= 15 is 0 Å². The molecule has 3 rings (SSSR count). The van der Waals surface area contributed by atoms with Crippen LogP contribution in [-0.2, 0) is 6.54 Å². The number of hydrogen-bond acceptors (Lipinski definition) is 2. The molecule has 0 amide bonds. The number of halogens is 1. The molecule has 0 radical (unpaired) electrons. The summed E-state index contributed by atoms with van der Waals surface area (Å²) in [6.45, 7) is 3.11. The van der Waals surface area contributed by atoms with E-state index in [9.17, 15) is 0 Å². The Morgan fingerprint density at radius 2 is 2.41 bits per heavy atom. The van der Waals surface area contributed by atoms with Gasteiger partial charge in [-0.15, -0.1) is 0 Å². The van der Waals surface area contributed by atoms with E-state index in [-0.39, 0.29) is 0 Å². The Morgan fingerprint density at radius 1 is 1.53 bits per heavy atom. The fourth-order valence-corrected chi connectivity index (χ4v) is 3.22. The summed E-state index contributed by atoms with van der Waals surface area (Å²) in [6, 6.07) is 1.19. The standard InChI is InChI=1S/C13H18ClN3/c1-2-5-17-13(12(14)8-15-17)9-6-10-3-4-11(7-9)16-10/h6,8,10-11,16H,2-5,7H2,1H3. The van der Waals surface area contributed by atoms with Crippen LogP contribution in [0.1, 0.15) is 38.3 Å². The molecule has 1 aromatic rings. The van der Waals surface area contributed by atoms with Gasteiger partial charge in [-0.1, -0.05) is 24.6 Å². The SMILES string of the molecule is CCCn1ncc(Cl)c1C1=CC2CCC(C1)N2. The predicted molar refractivity (Wildman–Crippen MR) is 70.1 cm³/mol. The van der Waals surface area contributed by atoms with Gasteiger partial charge in [-0.3, -0.25) is 4.68 Å². The van der Waals surface area contributed by atoms with Crippen LogP contribution in [0.15, 0.2) is 12.3 Å². The number of nitrogens with zero attached hydrogens (tertiary/aromatic N) is 2.